The Balaban J connectivity index is 2.15. The topological polar surface area (TPSA) is 46.4 Å². The maximum Gasteiger partial charge on any atom is 0.236 e. The van der Waals surface area contributed by atoms with Crippen LogP contribution in [0.15, 0.2) is 47.6 Å². The van der Waals surface area contributed by atoms with Crippen molar-refractivity contribution in [2.24, 2.45) is 5.10 Å². The summed E-state index contributed by atoms with van der Waals surface area (Å²) in [5, 5.41) is 6.37. The Kier molecular flexibility index (Phi) is 3.44. The zero-order valence-electron chi connectivity index (χ0n) is 12.1. The van der Waals surface area contributed by atoms with Gasteiger partial charge in [-0.05, 0) is 30.7 Å². The van der Waals surface area contributed by atoms with Crippen LogP contribution in [0.4, 0.5) is 0 Å². The van der Waals surface area contributed by atoms with Crippen LogP contribution in [-0.4, -0.2) is 16.7 Å². The fraction of sp³-hybridized carbons (Fsp3) is 0.176. The molecule has 2 aromatic carbocycles. The second kappa shape index (κ2) is 5.40. The van der Waals surface area contributed by atoms with Crippen molar-refractivity contribution < 1.29 is 4.79 Å². The van der Waals surface area contributed by atoms with E-state index in [0.717, 1.165) is 12.1 Å². The number of rotatable bonds is 3. The van der Waals surface area contributed by atoms with Crippen LogP contribution in [0.1, 0.15) is 19.4 Å². The van der Waals surface area contributed by atoms with Crippen LogP contribution >= 0.6 is 0 Å². The second-order valence-corrected chi connectivity index (χ2v) is 4.96. The summed E-state index contributed by atoms with van der Waals surface area (Å²) in [7, 11) is 0. The van der Waals surface area contributed by atoms with E-state index >= 15 is 0 Å². The SMILES string of the molecule is CCn1c2ccccc2c2cc(C=NNC(C)=O)ccc21. The first-order valence-corrected chi connectivity index (χ1v) is 7.01. The molecule has 0 aliphatic heterocycles. The summed E-state index contributed by atoms with van der Waals surface area (Å²) >= 11 is 0. The molecule has 0 radical (unpaired) electrons. The number of aromatic nitrogens is 1. The largest absolute Gasteiger partial charge is 0.341 e. The molecule has 3 aromatic rings. The quantitative estimate of drug-likeness (QED) is 0.580. The Bertz CT molecular complexity index is 846. The van der Waals surface area contributed by atoms with Crippen LogP contribution in [0.25, 0.3) is 21.8 Å². The summed E-state index contributed by atoms with van der Waals surface area (Å²) in [6.07, 6.45) is 1.67. The first kappa shape index (κ1) is 13.4. The number of hydrogen-bond acceptors (Lipinski definition) is 2. The normalized spacial score (nSPS) is 11.5. The molecule has 0 unspecified atom stereocenters. The van der Waals surface area contributed by atoms with E-state index in [9.17, 15) is 4.79 Å². The number of hydrogen-bond donors (Lipinski definition) is 1. The summed E-state index contributed by atoms with van der Waals surface area (Å²) in [6, 6.07) is 14.6. The summed E-state index contributed by atoms with van der Waals surface area (Å²) in [5.74, 6) is -0.171. The highest BCUT2D eigenvalue weighted by molar-refractivity contribution is 6.09. The second-order valence-electron chi connectivity index (χ2n) is 4.96. The lowest BCUT2D eigenvalue weighted by atomic mass is 10.1. The monoisotopic (exact) mass is 279 g/mol. The lowest BCUT2D eigenvalue weighted by Crippen LogP contribution is -2.12. The van der Waals surface area contributed by atoms with Gasteiger partial charge in [0.05, 0.1) is 6.21 Å². The Morgan fingerprint density at radius 2 is 1.95 bits per heavy atom. The standard InChI is InChI=1S/C17H17N3O/c1-3-20-16-7-5-4-6-14(16)15-10-13(8-9-17(15)20)11-18-19-12(2)21/h4-11H,3H2,1-2H3,(H,19,21). The molecule has 0 aliphatic rings. The Morgan fingerprint density at radius 3 is 2.71 bits per heavy atom. The zero-order chi connectivity index (χ0) is 14.8. The number of nitrogens with one attached hydrogen (secondary N) is 1. The minimum atomic E-state index is -0.171. The number of nitrogens with zero attached hydrogens (tertiary/aromatic N) is 2. The summed E-state index contributed by atoms with van der Waals surface area (Å²) < 4.78 is 2.30. The van der Waals surface area contributed by atoms with E-state index in [1.807, 2.05) is 6.07 Å². The van der Waals surface area contributed by atoms with E-state index in [1.54, 1.807) is 6.21 Å². The van der Waals surface area contributed by atoms with Gasteiger partial charge in [-0.15, -0.1) is 0 Å². The molecule has 21 heavy (non-hydrogen) atoms. The third-order valence-electron chi connectivity index (χ3n) is 3.55. The van der Waals surface area contributed by atoms with E-state index in [1.165, 1.54) is 28.7 Å². The van der Waals surface area contributed by atoms with Gasteiger partial charge >= 0.3 is 0 Å². The fourth-order valence-electron chi connectivity index (χ4n) is 2.69. The van der Waals surface area contributed by atoms with Crippen LogP contribution in [0, 0.1) is 0 Å². The van der Waals surface area contributed by atoms with E-state index < -0.39 is 0 Å². The fourth-order valence-corrected chi connectivity index (χ4v) is 2.69. The summed E-state index contributed by atoms with van der Waals surface area (Å²) in [5.41, 5.74) is 5.85. The summed E-state index contributed by atoms with van der Waals surface area (Å²) in [6.45, 7) is 4.52. The maximum absolute atomic E-state index is 10.8. The predicted octanol–water partition coefficient (Wildman–Crippen LogP) is 3.28. The molecule has 106 valence electrons. The van der Waals surface area contributed by atoms with Gasteiger partial charge in [0, 0.05) is 35.3 Å². The number of carbonyl (C=O) groups excluding carboxylic acids is 1. The van der Waals surface area contributed by atoms with Gasteiger partial charge < -0.3 is 4.57 Å². The minimum absolute atomic E-state index is 0.171. The van der Waals surface area contributed by atoms with Gasteiger partial charge in [0.15, 0.2) is 0 Å². The molecule has 3 rings (SSSR count). The number of amides is 1. The third kappa shape index (κ3) is 2.40. The molecule has 0 saturated heterocycles. The third-order valence-corrected chi connectivity index (χ3v) is 3.55. The van der Waals surface area contributed by atoms with Gasteiger partial charge in [-0.3, -0.25) is 4.79 Å². The Hall–Kier alpha value is -2.62. The highest BCUT2D eigenvalue weighted by atomic mass is 16.2. The number of para-hydroxylation sites is 1. The van der Waals surface area contributed by atoms with Gasteiger partial charge in [-0.25, -0.2) is 5.43 Å². The average molecular weight is 279 g/mol. The van der Waals surface area contributed by atoms with Crippen molar-refractivity contribution in [1.82, 2.24) is 9.99 Å². The van der Waals surface area contributed by atoms with E-state index in [0.29, 0.717) is 0 Å². The molecule has 4 heteroatoms. The van der Waals surface area contributed by atoms with Gasteiger partial charge in [-0.1, -0.05) is 24.3 Å². The molecule has 0 fully saturated rings. The van der Waals surface area contributed by atoms with Crippen LogP contribution < -0.4 is 5.43 Å². The molecule has 1 amide bonds. The molecule has 0 saturated carbocycles. The lowest BCUT2D eigenvalue weighted by Gasteiger charge is -2.02. The maximum atomic E-state index is 10.8. The molecule has 0 atom stereocenters. The average Bonchev–Trinajstić information content (AvgIpc) is 2.80. The first-order chi connectivity index (χ1) is 10.2. The number of carbonyl (C=O) groups is 1. The molecular formula is C17H17N3O. The van der Waals surface area contributed by atoms with Crippen molar-refractivity contribution >= 4 is 33.9 Å². The van der Waals surface area contributed by atoms with Crippen molar-refractivity contribution in [3.63, 3.8) is 0 Å². The molecule has 1 N–H and O–H groups in total. The number of benzene rings is 2. The van der Waals surface area contributed by atoms with Gasteiger partial charge in [-0.2, -0.15) is 5.10 Å². The Labute approximate surface area is 123 Å². The predicted molar refractivity (Wildman–Crippen MR) is 86.5 cm³/mol. The Morgan fingerprint density at radius 1 is 1.19 bits per heavy atom. The highest BCUT2D eigenvalue weighted by Gasteiger charge is 2.08. The van der Waals surface area contributed by atoms with Crippen molar-refractivity contribution in [1.29, 1.82) is 0 Å². The zero-order valence-corrected chi connectivity index (χ0v) is 12.1. The molecule has 0 bridgehead atoms. The molecule has 0 aliphatic carbocycles. The van der Waals surface area contributed by atoms with E-state index in [4.69, 9.17) is 0 Å². The first-order valence-electron chi connectivity index (χ1n) is 7.01. The lowest BCUT2D eigenvalue weighted by molar-refractivity contribution is -0.118. The van der Waals surface area contributed by atoms with Gasteiger partial charge in [0.25, 0.3) is 0 Å². The van der Waals surface area contributed by atoms with Crippen molar-refractivity contribution in [2.75, 3.05) is 0 Å². The van der Waals surface area contributed by atoms with Crippen LogP contribution in [-0.2, 0) is 11.3 Å². The smallest absolute Gasteiger partial charge is 0.236 e. The van der Waals surface area contributed by atoms with E-state index in [2.05, 4.69) is 58.4 Å². The van der Waals surface area contributed by atoms with E-state index in [-0.39, 0.29) is 5.91 Å². The minimum Gasteiger partial charge on any atom is -0.341 e. The molecule has 1 aromatic heterocycles. The van der Waals surface area contributed by atoms with Gasteiger partial charge in [0.1, 0.15) is 0 Å². The van der Waals surface area contributed by atoms with Crippen molar-refractivity contribution in [2.45, 2.75) is 20.4 Å². The highest BCUT2D eigenvalue weighted by Crippen LogP contribution is 2.29. The molecular weight excluding hydrogens is 262 g/mol. The van der Waals surface area contributed by atoms with Gasteiger partial charge in [0.2, 0.25) is 5.91 Å². The number of hydrazone groups is 1. The summed E-state index contributed by atoms with van der Waals surface area (Å²) in [4.78, 5) is 10.8. The van der Waals surface area contributed by atoms with Crippen LogP contribution in [0.2, 0.25) is 0 Å². The number of aryl methyl sites for hydroxylation is 1. The van der Waals surface area contributed by atoms with Crippen LogP contribution in [0.3, 0.4) is 0 Å². The molecule has 4 nitrogen and oxygen atoms in total. The van der Waals surface area contributed by atoms with Crippen molar-refractivity contribution in [3.8, 4) is 0 Å². The van der Waals surface area contributed by atoms with Crippen LogP contribution in [0.5, 0.6) is 0 Å². The molecule has 1 heterocycles. The molecule has 0 spiro atoms. The number of fused-ring (bicyclic) bond motifs is 3. The van der Waals surface area contributed by atoms with Crippen molar-refractivity contribution in [3.05, 3.63) is 48.0 Å².